The number of benzene rings is 1. The molecule has 0 aromatic heterocycles. The third-order valence-corrected chi connectivity index (χ3v) is 5.28. The van der Waals surface area contributed by atoms with Gasteiger partial charge in [-0.05, 0) is 29.9 Å². The van der Waals surface area contributed by atoms with Gasteiger partial charge in [-0.25, -0.2) is 8.42 Å². The summed E-state index contributed by atoms with van der Waals surface area (Å²) >= 11 is 0. The zero-order chi connectivity index (χ0) is 11.9. The first-order valence-electron chi connectivity index (χ1n) is 6.18. The lowest BCUT2D eigenvalue weighted by Crippen LogP contribution is -2.39. The predicted octanol–water partition coefficient (Wildman–Crippen LogP) is 1.62. The normalized spacial score (nSPS) is 27.9. The molecule has 0 radical (unpaired) electrons. The average molecular weight is 251 g/mol. The molecular weight excluding hydrogens is 234 g/mol. The van der Waals surface area contributed by atoms with Crippen LogP contribution in [0.4, 0.5) is 0 Å². The molecule has 0 amide bonds. The highest BCUT2D eigenvalue weighted by Gasteiger charge is 2.31. The van der Waals surface area contributed by atoms with Gasteiger partial charge in [0.15, 0.2) is 9.84 Å². The largest absolute Gasteiger partial charge is 0.308 e. The monoisotopic (exact) mass is 251 g/mol. The maximum absolute atomic E-state index is 11.7. The molecule has 3 nitrogen and oxygen atoms in total. The Morgan fingerprint density at radius 1 is 1.12 bits per heavy atom. The Hall–Kier alpha value is -0.870. The lowest BCUT2D eigenvalue weighted by atomic mass is 9.98. The van der Waals surface area contributed by atoms with Crippen molar-refractivity contribution in [2.75, 3.05) is 18.1 Å². The molecule has 1 unspecified atom stereocenters. The van der Waals surface area contributed by atoms with E-state index < -0.39 is 9.84 Å². The molecule has 1 aromatic rings. The number of hydrogen-bond acceptors (Lipinski definition) is 3. The second-order valence-electron chi connectivity index (χ2n) is 5.02. The molecule has 1 N–H and O–H groups in total. The standard InChI is InChI=1S/C13H17NO2S/c15-17(16)8-7-14-13(9-17)12-4-2-1-3-11(12)10-5-6-10/h1-4,10,13-14H,5-9H2. The van der Waals surface area contributed by atoms with Crippen molar-refractivity contribution < 1.29 is 8.42 Å². The predicted molar refractivity (Wildman–Crippen MR) is 67.8 cm³/mol. The Kier molecular flexibility index (Phi) is 2.71. The van der Waals surface area contributed by atoms with E-state index in [0.717, 1.165) is 0 Å². The lowest BCUT2D eigenvalue weighted by molar-refractivity contribution is 0.529. The maximum Gasteiger partial charge on any atom is 0.153 e. The number of nitrogens with one attached hydrogen (secondary N) is 1. The van der Waals surface area contributed by atoms with Crippen molar-refractivity contribution in [1.29, 1.82) is 0 Å². The number of sulfone groups is 1. The molecule has 1 saturated heterocycles. The van der Waals surface area contributed by atoms with Crippen LogP contribution in [0.15, 0.2) is 24.3 Å². The van der Waals surface area contributed by atoms with Crippen LogP contribution >= 0.6 is 0 Å². The van der Waals surface area contributed by atoms with Crippen LogP contribution in [0.2, 0.25) is 0 Å². The van der Waals surface area contributed by atoms with Crippen LogP contribution in [0.3, 0.4) is 0 Å². The van der Waals surface area contributed by atoms with Gasteiger partial charge in [0.05, 0.1) is 11.5 Å². The van der Waals surface area contributed by atoms with Crippen molar-refractivity contribution in [2.45, 2.75) is 24.8 Å². The van der Waals surface area contributed by atoms with Crippen LogP contribution in [-0.4, -0.2) is 26.5 Å². The summed E-state index contributed by atoms with van der Waals surface area (Å²) in [6.07, 6.45) is 2.49. The SMILES string of the molecule is O=S1(=O)CCNC(c2ccccc2C2CC2)C1. The summed E-state index contributed by atoms with van der Waals surface area (Å²) in [6, 6.07) is 8.27. The lowest BCUT2D eigenvalue weighted by Gasteiger charge is -2.26. The van der Waals surface area contributed by atoms with Gasteiger partial charge in [-0.3, -0.25) is 0 Å². The van der Waals surface area contributed by atoms with E-state index >= 15 is 0 Å². The first-order chi connectivity index (χ1) is 8.16. The van der Waals surface area contributed by atoms with Gasteiger partial charge >= 0.3 is 0 Å². The Bertz CT molecular complexity index is 520. The van der Waals surface area contributed by atoms with Gasteiger partial charge in [0, 0.05) is 12.6 Å². The van der Waals surface area contributed by atoms with Crippen LogP contribution in [0.5, 0.6) is 0 Å². The van der Waals surface area contributed by atoms with Gasteiger partial charge in [-0.2, -0.15) is 0 Å². The van der Waals surface area contributed by atoms with Gasteiger partial charge in [-0.1, -0.05) is 24.3 Å². The quantitative estimate of drug-likeness (QED) is 0.869. The maximum atomic E-state index is 11.7. The zero-order valence-electron chi connectivity index (χ0n) is 9.72. The van der Waals surface area contributed by atoms with E-state index in [-0.39, 0.29) is 17.5 Å². The van der Waals surface area contributed by atoms with Crippen molar-refractivity contribution in [1.82, 2.24) is 5.32 Å². The summed E-state index contributed by atoms with van der Waals surface area (Å²) in [7, 11) is -2.86. The molecule has 2 aliphatic rings. The molecule has 1 aliphatic carbocycles. The third kappa shape index (κ3) is 2.38. The minimum atomic E-state index is -2.86. The minimum absolute atomic E-state index is 0.00875. The minimum Gasteiger partial charge on any atom is -0.308 e. The summed E-state index contributed by atoms with van der Waals surface area (Å²) in [5.41, 5.74) is 2.54. The summed E-state index contributed by atoms with van der Waals surface area (Å²) in [4.78, 5) is 0. The zero-order valence-corrected chi connectivity index (χ0v) is 10.5. The van der Waals surface area contributed by atoms with Crippen molar-refractivity contribution >= 4 is 9.84 Å². The van der Waals surface area contributed by atoms with E-state index in [9.17, 15) is 8.42 Å². The Balaban J connectivity index is 1.93. The molecule has 1 heterocycles. The highest BCUT2D eigenvalue weighted by Crippen LogP contribution is 2.43. The van der Waals surface area contributed by atoms with Crippen LogP contribution in [0, 0.1) is 0 Å². The Morgan fingerprint density at radius 3 is 2.47 bits per heavy atom. The van der Waals surface area contributed by atoms with Gasteiger partial charge < -0.3 is 5.32 Å². The fourth-order valence-corrected chi connectivity index (χ4v) is 3.98. The van der Waals surface area contributed by atoms with Crippen molar-refractivity contribution in [3.8, 4) is 0 Å². The molecule has 17 heavy (non-hydrogen) atoms. The summed E-state index contributed by atoms with van der Waals surface area (Å²) in [5.74, 6) is 1.18. The van der Waals surface area contributed by atoms with E-state index in [1.165, 1.54) is 24.0 Å². The number of hydrogen-bond donors (Lipinski definition) is 1. The van der Waals surface area contributed by atoms with Crippen LogP contribution < -0.4 is 5.32 Å². The molecule has 4 heteroatoms. The molecular formula is C13H17NO2S. The number of rotatable bonds is 2. The first kappa shape index (κ1) is 11.2. The third-order valence-electron chi connectivity index (χ3n) is 3.61. The molecule has 0 spiro atoms. The summed E-state index contributed by atoms with van der Waals surface area (Å²) in [5, 5.41) is 3.33. The van der Waals surface area contributed by atoms with Crippen LogP contribution in [0.25, 0.3) is 0 Å². The molecule has 2 fully saturated rings. The second-order valence-corrected chi connectivity index (χ2v) is 7.25. The van der Waals surface area contributed by atoms with Gasteiger partial charge in [-0.15, -0.1) is 0 Å². The fourth-order valence-electron chi connectivity index (χ4n) is 2.58. The van der Waals surface area contributed by atoms with Gasteiger partial charge in [0.2, 0.25) is 0 Å². The highest BCUT2D eigenvalue weighted by atomic mass is 32.2. The van der Waals surface area contributed by atoms with E-state index in [0.29, 0.717) is 12.5 Å². The molecule has 92 valence electrons. The topological polar surface area (TPSA) is 46.2 Å². The van der Waals surface area contributed by atoms with E-state index in [4.69, 9.17) is 0 Å². The Morgan fingerprint density at radius 2 is 1.82 bits per heavy atom. The van der Waals surface area contributed by atoms with Gasteiger partial charge in [0.25, 0.3) is 0 Å². The molecule has 1 aromatic carbocycles. The van der Waals surface area contributed by atoms with Crippen LogP contribution in [0.1, 0.15) is 35.9 Å². The molecule has 1 aliphatic heterocycles. The molecule has 3 rings (SSSR count). The fraction of sp³-hybridized carbons (Fsp3) is 0.538. The van der Waals surface area contributed by atoms with E-state index in [1.807, 2.05) is 6.07 Å². The van der Waals surface area contributed by atoms with Crippen molar-refractivity contribution in [3.63, 3.8) is 0 Å². The Labute approximate surface area is 102 Å². The first-order valence-corrected chi connectivity index (χ1v) is 8.00. The second kappa shape index (κ2) is 4.10. The van der Waals surface area contributed by atoms with E-state index in [2.05, 4.69) is 23.5 Å². The summed E-state index contributed by atoms with van der Waals surface area (Å²) in [6.45, 7) is 0.575. The molecule has 1 atom stereocenters. The molecule has 1 saturated carbocycles. The van der Waals surface area contributed by atoms with Crippen molar-refractivity contribution in [3.05, 3.63) is 35.4 Å². The average Bonchev–Trinajstić information content (AvgIpc) is 3.11. The summed E-state index contributed by atoms with van der Waals surface area (Å²) < 4.78 is 23.4. The van der Waals surface area contributed by atoms with E-state index in [1.54, 1.807) is 0 Å². The highest BCUT2D eigenvalue weighted by molar-refractivity contribution is 7.91. The smallest absolute Gasteiger partial charge is 0.153 e. The van der Waals surface area contributed by atoms with Crippen LogP contribution in [-0.2, 0) is 9.84 Å². The molecule has 0 bridgehead atoms. The van der Waals surface area contributed by atoms with Gasteiger partial charge in [0.1, 0.15) is 0 Å². The van der Waals surface area contributed by atoms with Crippen molar-refractivity contribution in [2.24, 2.45) is 0 Å².